The first-order chi connectivity index (χ1) is 13.7. The zero-order valence-electron chi connectivity index (χ0n) is 16.2. The van der Waals surface area contributed by atoms with Crippen molar-refractivity contribution in [2.45, 2.75) is 6.92 Å². The third-order valence-corrected chi connectivity index (χ3v) is 4.91. The molecule has 0 unspecified atom stereocenters. The molecule has 6 nitrogen and oxygen atoms in total. The van der Waals surface area contributed by atoms with Crippen LogP contribution in [0.4, 0.5) is 11.5 Å². The summed E-state index contributed by atoms with van der Waals surface area (Å²) in [6, 6.07) is 18.0. The molecule has 28 heavy (non-hydrogen) atoms. The lowest BCUT2D eigenvalue weighted by atomic mass is 10.2. The van der Waals surface area contributed by atoms with Crippen LogP contribution in [0.3, 0.4) is 0 Å². The first-order valence-electron chi connectivity index (χ1n) is 9.42. The van der Waals surface area contributed by atoms with Crippen LogP contribution in [-0.2, 0) is 0 Å². The van der Waals surface area contributed by atoms with Crippen molar-refractivity contribution in [2.75, 3.05) is 43.1 Å². The molecule has 0 atom stereocenters. The van der Waals surface area contributed by atoms with Crippen LogP contribution in [0.1, 0.15) is 5.56 Å². The highest BCUT2D eigenvalue weighted by Crippen LogP contribution is 2.25. The van der Waals surface area contributed by atoms with Crippen LogP contribution in [-0.4, -0.2) is 43.3 Å². The fraction of sp³-hybridized carbons (Fsp3) is 0.273. The lowest BCUT2D eigenvalue weighted by Crippen LogP contribution is -2.46. The molecule has 0 spiro atoms. The van der Waals surface area contributed by atoms with Gasteiger partial charge in [0.05, 0.1) is 7.11 Å². The van der Waals surface area contributed by atoms with E-state index in [9.17, 15) is 0 Å². The van der Waals surface area contributed by atoms with Crippen LogP contribution >= 0.6 is 0 Å². The molecule has 0 radical (unpaired) electrons. The molecule has 1 saturated heterocycles. The van der Waals surface area contributed by atoms with Crippen molar-refractivity contribution in [3.63, 3.8) is 0 Å². The number of aryl methyl sites for hydroxylation is 1. The topological polar surface area (TPSA) is 50.7 Å². The number of piperazine rings is 1. The van der Waals surface area contributed by atoms with Gasteiger partial charge in [-0.3, -0.25) is 0 Å². The van der Waals surface area contributed by atoms with Gasteiger partial charge in [0.1, 0.15) is 23.6 Å². The smallest absolute Gasteiger partial charge is 0.224 e. The number of benzene rings is 2. The predicted molar refractivity (Wildman–Crippen MR) is 111 cm³/mol. The number of anilines is 2. The highest BCUT2D eigenvalue weighted by Gasteiger charge is 2.19. The van der Waals surface area contributed by atoms with E-state index < -0.39 is 0 Å². The van der Waals surface area contributed by atoms with E-state index in [-0.39, 0.29) is 0 Å². The van der Waals surface area contributed by atoms with Crippen molar-refractivity contribution in [2.24, 2.45) is 0 Å². The monoisotopic (exact) mass is 376 g/mol. The highest BCUT2D eigenvalue weighted by molar-refractivity contribution is 5.50. The van der Waals surface area contributed by atoms with E-state index in [2.05, 4.69) is 51.0 Å². The minimum Gasteiger partial charge on any atom is -0.497 e. The summed E-state index contributed by atoms with van der Waals surface area (Å²) in [5.41, 5.74) is 2.56. The Labute approximate surface area is 165 Å². The summed E-state index contributed by atoms with van der Waals surface area (Å²) in [6.07, 6.45) is 1.56. The molecule has 1 fully saturated rings. The van der Waals surface area contributed by atoms with Gasteiger partial charge in [-0.1, -0.05) is 17.7 Å². The van der Waals surface area contributed by atoms with E-state index in [1.165, 1.54) is 11.3 Å². The molecular weight excluding hydrogens is 352 g/mol. The van der Waals surface area contributed by atoms with E-state index in [4.69, 9.17) is 9.47 Å². The summed E-state index contributed by atoms with van der Waals surface area (Å²) < 4.78 is 11.0. The number of aromatic nitrogens is 2. The second kappa shape index (κ2) is 8.17. The third-order valence-electron chi connectivity index (χ3n) is 4.91. The minimum absolute atomic E-state index is 0.538. The molecule has 0 saturated carbocycles. The predicted octanol–water partition coefficient (Wildman–Crippen LogP) is 3.91. The van der Waals surface area contributed by atoms with Gasteiger partial charge in [0, 0.05) is 37.9 Å². The summed E-state index contributed by atoms with van der Waals surface area (Å²) in [5.74, 6) is 2.94. The lowest BCUT2D eigenvalue weighted by molar-refractivity contribution is 0.412. The molecular formula is C22H24N4O2. The molecule has 0 N–H and O–H groups in total. The summed E-state index contributed by atoms with van der Waals surface area (Å²) in [5, 5.41) is 0. The van der Waals surface area contributed by atoms with Gasteiger partial charge in [-0.15, -0.1) is 0 Å². The highest BCUT2D eigenvalue weighted by atomic mass is 16.5. The average Bonchev–Trinajstić information content (AvgIpc) is 2.75. The normalized spacial score (nSPS) is 14.1. The number of hydrogen-bond acceptors (Lipinski definition) is 6. The molecule has 2 aromatic carbocycles. The van der Waals surface area contributed by atoms with Crippen LogP contribution < -0.4 is 19.3 Å². The van der Waals surface area contributed by atoms with Crippen LogP contribution in [0.2, 0.25) is 0 Å². The quantitative estimate of drug-likeness (QED) is 0.673. The average molecular weight is 376 g/mol. The summed E-state index contributed by atoms with van der Waals surface area (Å²) in [6.45, 7) is 5.85. The third kappa shape index (κ3) is 4.17. The van der Waals surface area contributed by atoms with Crippen molar-refractivity contribution in [3.05, 3.63) is 66.5 Å². The maximum Gasteiger partial charge on any atom is 0.224 e. The summed E-state index contributed by atoms with van der Waals surface area (Å²) in [4.78, 5) is 13.4. The van der Waals surface area contributed by atoms with Gasteiger partial charge in [-0.2, -0.15) is 0 Å². The Kier molecular flexibility index (Phi) is 5.28. The zero-order chi connectivity index (χ0) is 19.3. The van der Waals surface area contributed by atoms with E-state index in [1.807, 2.05) is 30.3 Å². The molecule has 1 aliphatic heterocycles. The zero-order valence-corrected chi connectivity index (χ0v) is 16.2. The van der Waals surface area contributed by atoms with Crippen molar-refractivity contribution in [3.8, 4) is 17.4 Å². The van der Waals surface area contributed by atoms with E-state index in [1.54, 1.807) is 13.4 Å². The first-order valence-corrected chi connectivity index (χ1v) is 9.42. The molecule has 1 aliphatic rings. The van der Waals surface area contributed by atoms with Gasteiger partial charge in [0.25, 0.3) is 0 Å². The maximum atomic E-state index is 5.87. The Hall–Kier alpha value is -3.28. The Morgan fingerprint density at radius 1 is 0.786 bits per heavy atom. The SMILES string of the molecule is COc1ccc(Oc2cc(N3CCN(c4ccc(C)cc4)CC3)ncn2)cc1. The van der Waals surface area contributed by atoms with Crippen LogP contribution in [0.15, 0.2) is 60.9 Å². The number of ether oxygens (including phenoxy) is 2. The van der Waals surface area contributed by atoms with E-state index in [0.717, 1.165) is 43.5 Å². The van der Waals surface area contributed by atoms with Crippen molar-refractivity contribution in [1.82, 2.24) is 9.97 Å². The van der Waals surface area contributed by atoms with Gasteiger partial charge in [0.15, 0.2) is 0 Å². The van der Waals surface area contributed by atoms with Crippen LogP contribution in [0.5, 0.6) is 17.4 Å². The fourth-order valence-electron chi connectivity index (χ4n) is 3.27. The molecule has 2 heterocycles. The van der Waals surface area contributed by atoms with Crippen LogP contribution in [0.25, 0.3) is 0 Å². The largest absolute Gasteiger partial charge is 0.497 e. The Balaban J connectivity index is 1.40. The van der Waals surface area contributed by atoms with Gasteiger partial charge >= 0.3 is 0 Å². The maximum absolute atomic E-state index is 5.87. The van der Waals surface area contributed by atoms with Crippen molar-refractivity contribution in [1.29, 1.82) is 0 Å². The second-order valence-corrected chi connectivity index (χ2v) is 6.80. The molecule has 4 rings (SSSR count). The molecule has 0 aliphatic carbocycles. The first kappa shape index (κ1) is 18.1. The molecule has 6 heteroatoms. The molecule has 0 bridgehead atoms. The number of nitrogens with zero attached hydrogens (tertiary/aromatic N) is 4. The number of methoxy groups -OCH3 is 1. The van der Waals surface area contributed by atoms with Gasteiger partial charge in [-0.05, 0) is 43.3 Å². The van der Waals surface area contributed by atoms with E-state index >= 15 is 0 Å². The van der Waals surface area contributed by atoms with Gasteiger partial charge in [-0.25, -0.2) is 9.97 Å². The van der Waals surface area contributed by atoms with Crippen LogP contribution in [0, 0.1) is 6.92 Å². The van der Waals surface area contributed by atoms with Gasteiger partial charge < -0.3 is 19.3 Å². The molecule has 3 aromatic rings. The summed E-state index contributed by atoms with van der Waals surface area (Å²) >= 11 is 0. The molecule has 144 valence electrons. The summed E-state index contributed by atoms with van der Waals surface area (Å²) in [7, 11) is 1.64. The van der Waals surface area contributed by atoms with Gasteiger partial charge in [0.2, 0.25) is 5.88 Å². The number of hydrogen-bond donors (Lipinski definition) is 0. The van der Waals surface area contributed by atoms with E-state index in [0.29, 0.717) is 5.88 Å². The van der Waals surface area contributed by atoms with Crippen molar-refractivity contribution >= 4 is 11.5 Å². The van der Waals surface area contributed by atoms with Crippen molar-refractivity contribution < 1.29 is 9.47 Å². The number of rotatable bonds is 5. The molecule has 1 aromatic heterocycles. The standard InChI is InChI=1S/C22H24N4O2/c1-17-3-5-18(6-4-17)25-11-13-26(14-12-25)21-15-22(24-16-23-21)28-20-9-7-19(27-2)8-10-20/h3-10,15-16H,11-14H2,1-2H3. The minimum atomic E-state index is 0.538. The Bertz CT molecular complexity index is 905. The Morgan fingerprint density at radius 2 is 1.43 bits per heavy atom. The molecule has 0 amide bonds. The lowest BCUT2D eigenvalue weighted by Gasteiger charge is -2.36. The Morgan fingerprint density at radius 3 is 2.11 bits per heavy atom. The second-order valence-electron chi connectivity index (χ2n) is 6.80. The fourth-order valence-corrected chi connectivity index (χ4v) is 3.27.